The fourth-order valence-electron chi connectivity index (χ4n) is 0.714. The maximum Gasteiger partial charge on any atom is 0.145 e. The van der Waals surface area contributed by atoms with Crippen LogP contribution in [0.5, 0.6) is 0 Å². The summed E-state index contributed by atoms with van der Waals surface area (Å²) in [6.45, 7) is 2.83. The van der Waals surface area contributed by atoms with Crippen LogP contribution in [0.1, 0.15) is 6.92 Å². The van der Waals surface area contributed by atoms with Crippen molar-refractivity contribution in [3.63, 3.8) is 0 Å². The number of hydrogen-bond acceptors (Lipinski definition) is 5. The topological polar surface area (TPSA) is 75.9 Å². The minimum absolute atomic E-state index is 0.607. The van der Waals surface area contributed by atoms with Crippen LogP contribution >= 0.6 is 0 Å². The van der Waals surface area contributed by atoms with E-state index < -0.39 is 0 Å². The third kappa shape index (κ3) is 2.05. The molecule has 0 spiro atoms. The van der Waals surface area contributed by atoms with E-state index in [0.717, 1.165) is 12.4 Å². The minimum Gasteiger partial charge on any atom is -0.370 e. The molecule has 60 valence electrons. The smallest absolute Gasteiger partial charge is 0.145 e. The van der Waals surface area contributed by atoms with Crippen LogP contribution in [0.2, 0.25) is 0 Å². The van der Waals surface area contributed by atoms with Gasteiger partial charge in [0.1, 0.15) is 18.0 Å². The van der Waals surface area contributed by atoms with Gasteiger partial charge in [0.15, 0.2) is 0 Å². The minimum atomic E-state index is 0.607. The van der Waals surface area contributed by atoms with E-state index in [2.05, 4.69) is 20.7 Å². The quantitative estimate of drug-likeness (QED) is 0.427. The Kier molecular flexibility index (Phi) is 2.62. The van der Waals surface area contributed by atoms with Crippen LogP contribution in [0.4, 0.5) is 11.6 Å². The van der Waals surface area contributed by atoms with E-state index in [0.29, 0.717) is 5.82 Å². The summed E-state index contributed by atoms with van der Waals surface area (Å²) < 4.78 is 0. The van der Waals surface area contributed by atoms with Gasteiger partial charge < -0.3 is 10.7 Å². The van der Waals surface area contributed by atoms with Crippen molar-refractivity contribution in [3.8, 4) is 0 Å². The van der Waals surface area contributed by atoms with Gasteiger partial charge in [-0.25, -0.2) is 15.8 Å². The Morgan fingerprint density at radius 1 is 1.45 bits per heavy atom. The number of hydrazine groups is 1. The van der Waals surface area contributed by atoms with Crippen molar-refractivity contribution in [2.24, 2.45) is 5.84 Å². The Morgan fingerprint density at radius 2 is 2.18 bits per heavy atom. The van der Waals surface area contributed by atoms with Gasteiger partial charge in [0.2, 0.25) is 0 Å². The lowest BCUT2D eigenvalue weighted by Gasteiger charge is -2.02. The predicted octanol–water partition coefficient (Wildman–Crippen LogP) is 0.194. The van der Waals surface area contributed by atoms with Gasteiger partial charge in [0.25, 0.3) is 0 Å². The van der Waals surface area contributed by atoms with Crippen molar-refractivity contribution < 1.29 is 0 Å². The molecule has 0 aliphatic heterocycles. The molecule has 5 heteroatoms. The van der Waals surface area contributed by atoms with E-state index in [-0.39, 0.29) is 0 Å². The molecule has 0 aliphatic carbocycles. The first-order valence-corrected chi connectivity index (χ1v) is 3.39. The molecular formula is C6H11N5. The number of nitrogens with zero attached hydrogens (tertiary/aromatic N) is 2. The number of hydrogen-bond donors (Lipinski definition) is 3. The summed E-state index contributed by atoms with van der Waals surface area (Å²) in [5.41, 5.74) is 2.43. The molecule has 1 rings (SSSR count). The molecular weight excluding hydrogens is 142 g/mol. The number of nitrogens with one attached hydrogen (secondary N) is 2. The van der Waals surface area contributed by atoms with Crippen molar-refractivity contribution in [1.82, 2.24) is 9.97 Å². The van der Waals surface area contributed by atoms with Crippen LogP contribution in [-0.4, -0.2) is 16.5 Å². The van der Waals surface area contributed by atoms with Crippen LogP contribution < -0.4 is 16.6 Å². The molecule has 1 aromatic heterocycles. The van der Waals surface area contributed by atoms with E-state index in [1.807, 2.05) is 6.92 Å². The van der Waals surface area contributed by atoms with Crippen LogP contribution in [0, 0.1) is 0 Å². The zero-order chi connectivity index (χ0) is 8.10. The SMILES string of the molecule is CCNc1cc(NN)ncn1. The highest BCUT2D eigenvalue weighted by Crippen LogP contribution is 2.05. The van der Waals surface area contributed by atoms with Crippen LogP contribution in [0.25, 0.3) is 0 Å². The average Bonchev–Trinajstić information content (AvgIpc) is 2.06. The van der Waals surface area contributed by atoms with Gasteiger partial charge in [-0.1, -0.05) is 0 Å². The van der Waals surface area contributed by atoms with Gasteiger partial charge in [-0.15, -0.1) is 0 Å². The second kappa shape index (κ2) is 3.72. The van der Waals surface area contributed by atoms with E-state index in [9.17, 15) is 0 Å². The van der Waals surface area contributed by atoms with Gasteiger partial charge in [-0.2, -0.15) is 0 Å². The largest absolute Gasteiger partial charge is 0.370 e. The first-order valence-electron chi connectivity index (χ1n) is 3.39. The Bertz CT molecular complexity index is 224. The zero-order valence-corrected chi connectivity index (χ0v) is 6.33. The predicted molar refractivity (Wildman–Crippen MR) is 44.0 cm³/mol. The molecule has 0 atom stereocenters. The highest BCUT2D eigenvalue weighted by atomic mass is 15.3. The van der Waals surface area contributed by atoms with Gasteiger partial charge in [0.05, 0.1) is 0 Å². The molecule has 1 heterocycles. The Balaban J connectivity index is 2.74. The number of nitrogens with two attached hydrogens (primary N) is 1. The molecule has 0 unspecified atom stereocenters. The molecule has 0 saturated heterocycles. The summed E-state index contributed by atoms with van der Waals surface area (Å²) in [6.07, 6.45) is 1.45. The number of nitrogen functional groups attached to an aromatic ring is 1. The fraction of sp³-hybridized carbons (Fsp3) is 0.333. The third-order valence-corrected chi connectivity index (χ3v) is 1.17. The van der Waals surface area contributed by atoms with Crippen molar-refractivity contribution in [2.75, 3.05) is 17.3 Å². The molecule has 0 bridgehead atoms. The van der Waals surface area contributed by atoms with E-state index in [1.54, 1.807) is 6.07 Å². The Morgan fingerprint density at radius 3 is 2.82 bits per heavy atom. The fourth-order valence-corrected chi connectivity index (χ4v) is 0.714. The Hall–Kier alpha value is -1.36. The molecule has 0 saturated carbocycles. The zero-order valence-electron chi connectivity index (χ0n) is 6.33. The van der Waals surface area contributed by atoms with Crippen LogP contribution in [0.15, 0.2) is 12.4 Å². The van der Waals surface area contributed by atoms with E-state index in [1.165, 1.54) is 6.33 Å². The molecule has 1 aromatic rings. The van der Waals surface area contributed by atoms with E-state index >= 15 is 0 Å². The summed E-state index contributed by atoms with van der Waals surface area (Å²) >= 11 is 0. The van der Waals surface area contributed by atoms with Gasteiger partial charge in [-0.05, 0) is 6.92 Å². The van der Waals surface area contributed by atoms with Crippen molar-refractivity contribution in [2.45, 2.75) is 6.92 Å². The third-order valence-electron chi connectivity index (χ3n) is 1.17. The van der Waals surface area contributed by atoms with Gasteiger partial charge in [0, 0.05) is 12.6 Å². The first-order chi connectivity index (χ1) is 5.36. The summed E-state index contributed by atoms with van der Waals surface area (Å²) in [7, 11) is 0. The summed E-state index contributed by atoms with van der Waals surface area (Å²) in [5.74, 6) is 6.53. The standard InChI is InChI=1S/C6H11N5/c1-2-8-5-3-6(11-7)10-4-9-5/h3-4H,2,7H2,1H3,(H2,8,9,10,11). The highest BCUT2D eigenvalue weighted by molar-refractivity contribution is 5.45. The first kappa shape index (κ1) is 7.74. The molecule has 0 fully saturated rings. The normalized spacial score (nSPS) is 9.27. The Labute approximate surface area is 65.0 Å². The van der Waals surface area contributed by atoms with Gasteiger partial charge in [-0.3, -0.25) is 0 Å². The molecule has 0 radical (unpaired) electrons. The van der Waals surface area contributed by atoms with Gasteiger partial charge >= 0.3 is 0 Å². The number of anilines is 2. The van der Waals surface area contributed by atoms with E-state index in [4.69, 9.17) is 5.84 Å². The summed E-state index contributed by atoms with van der Waals surface area (Å²) in [5, 5.41) is 3.04. The molecule has 0 aliphatic rings. The van der Waals surface area contributed by atoms with Crippen molar-refractivity contribution in [1.29, 1.82) is 0 Å². The monoisotopic (exact) mass is 153 g/mol. The summed E-state index contributed by atoms with van der Waals surface area (Å²) in [4.78, 5) is 7.81. The van der Waals surface area contributed by atoms with Crippen molar-refractivity contribution in [3.05, 3.63) is 12.4 Å². The lowest BCUT2D eigenvalue weighted by Crippen LogP contribution is -2.09. The molecule has 0 amide bonds. The van der Waals surface area contributed by atoms with Crippen molar-refractivity contribution >= 4 is 11.6 Å². The molecule has 4 N–H and O–H groups in total. The van der Waals surface area contributed by atoms with Crippen LogP contribution in [-0.2, 0) is 0 Å². The summed E-state index contributed by atoms with van der Waals surface area (Å²) in [6, 6.07) is 1.74. The molecule has 5 nitrogen and oxygen atoms in total. The maximum atomic E-state index is 5.15. The lowest BCUT2D eigenvalue weighted by atomic mass is 10.5. The molecule has 11 heavy (non-hydrogen) atoms. The number of rotatable bonds is 3. The molecule has 0 aromatic carbocycles. The second-order valence-corrected chi connectivity index (χ2v) is 1.96. The lowest BCUT2D eigenvalue weighted by molar-refractivity contribution is 1.10. The average molecular weight is 153 g/mol. The van der Waals surface area contributed by atoms with Crippen LogP contribution in [0.3, 0.4) is 0 Å². The maximum absolute atomic E-state index is 5.15. The number of aromatic nitrogens is 2. The highest BCUT2D eigenvalue weighted by Gasteiger charge is 1.93. The second-order valence-electron chi connectivity index (χ2n) is 1.96.